The van der Waals surface area contributed by atoms with Crippen molar-refractivity contribution in [2.75, 3.05) is 27.4 Å². The fourth-order valence-corrected chi connectivity index (χ4v) is 3.34. The van der Waals surface area contributed by atoms with Gasteiger partial charge in [0.15, 0.2) is 11.5 Å². The first kappa shape index (κ1) is 18.6. The number of carbonyl (C=O) groups is 1. The van der Waals surface area contributed by atoms with Gasteiger partial charge in [0, 0.05) is 12.7 Å². The van der Waals surface area contributed by atoms with Crippen molar-refractivity contribution in [3.8, 4) is 11.5 Å². The molecule has 1 saturated heterocycles. The molecular formula is C15H15F2NO4S2. The highest BCUT2D eigenvalue weighted by Gasteiger charge is 2.32. The molecule has 0 aliphatic carbocycles. The summed E-state index contributed by atoms with van der Waals surface area (Å²) >= 11 is 6.27. The Morgan fingerprint density at radius 3 is 2.75 bits per heavy atom. The SMILES string of the molecule is COCCN1C(=O)/C(=C/c2cccc(OC)c2OC(F)F)SC1=S. The molecule has 1 aromatic rings. The second-order valence-electron chi connectivity index (χ2n) is 4.58. The van der Waals surface area contributed by atoms with Crippen LogP contribution in [0.15, 0.2) is 23.1 Å². The highest BCUT2D eigenvalue weighted by molar-refractivity contribution is 8.26. The van der Waals surface area contributed by atoms with Crippen LogP contribution in [0.1, 0.15) is 5.56 Å². The summed E-state index contributed by atoms with van der Waals surface area (Å²) in [5.41, 5.74) is 0.307. The number of carbonyl (C=O) groups excluding carboxylic acids is 1. The summed E-state index contributed by atoms with van der Waals surface area (Å²) in [5, 5.41) is 0. The van der Waals surface area contributed by atoms with E-state index in [1.54, 1.807) is 12.1 Å². The lowest BCUT2D eigenvalue weighted by Gasteiger charge is -2.13. The first-order chi connectivity index (χ1) is 11.5. The quantitative estimate of drug-likeness (QED) is 0.539. The lowest BCUT2D eigenvalue weighted by Crippen LogP contribution is -2.31. The number of alkyl halides is 2. The van der Waals surface area contributed by atoms with Crippen LogP contribution in [-0.4, -0.2) is 49.1 Å². The molecule has 0 spiro atoms. The normalized spacial score (nSPS) is 16.4. The molecule has 0 bridgehead atoms. The summed E-state index contributed by atoms with van der Waals surface area (Å²) < 4.78 is 40.2. The predicted octanol–water partition coefficient (Wildman–Crippen LogP) is 3.14. The minimum Gasteiger partial charge on any atom is -0.493 e. The smallest absolute Gasteiger partial charge is 0.387 e. The maximum Gasteiger partial charge on any atom is 0.387 e. The van der Waals surface area contributed by atoms with Gasteiger partial charge < -0.3 is 14.2 Å². The van der Waals surface area contributed by atoms with Crippen LogP contribution in [0, 0.1) is 0 Å². The molecule has 1 heterocycles. The van der Waals surface area contributed by atoms with Crippen LogP contribution in [0.25, 0.3) is 6.08 Å². The number of methoxy groups -OCH3 is 2. The molecule has 2 rings (SSSR count). The molecule has 0 N–H and O–H groups in total. The van der Waals surface area contributed by atoms with Crippen molar-refractivity contribution in [1.82, 2.24) is 4.90 Å². The Bertz CT molecular complexity index is 667. The minimum absolute atomic E-state index is 0.128. The van der Waals surface area contributed by atoms with Crippen LogP contribution in [-0.2, 0) is 9.53 Å². The number of rotatable bonds is 7. The van der Waals surface area contributed by atoms with E-state index in [4.69, 9.17) is 21.7 Å². The summed E-state index contributed by atoms with van der Waals surface area (Å²) in [4.78, 5) is 14.1. The molecule has 0 radical (unpaired) electrons. The van der Waals surface area contributed by atoms with Gasteiger partial charge in [0.25, 0.3) is 5.91 Å². The second kappa shape index (κ2) is 8.41. The number of benzene rings is 1. The van der Waals surface area contributed by atoms with E-state index in [9.17, 15) is 13.6 Å². The Morgan fingerprint density at radius 1 is 1.38 bits per heavy atom. The van der Waals surface area contributed by atoms with Crippen LogP contribution in [0.2, 0.25) is 0 Å². The predicted molar refractivity (Wildman–Crippen MR) is 91.4 cm³/mol. The number of thioether (sulfide) groups is 1. The van der Waals surface area contributed by atoms with Crippen LogP contribution < -0.4 is 9.47 Å². The van der Waals surface area contributed by atoms with Gasteiger partial charge in [-0.05, 0) is 12.1 Å². The van der Waals surface area contributed by atoms with E-state index in [0.717, 1.165) is 11.8 Å². The van der Waals surface area contributed by atoms with Gasteiger partial charge in [-0.3, -0.25) is 9.69 Å². The molecule has 0 unspecified atom stereocenters. The van der Waals surface area contributed by atoms with Crippen molar-refractivity contribution < 1.29 is 27.8 Å². The first-order valence-corrected chi connectivity index (χ1v) is 8.06. The molecular weight excluding hydrogens is 360 g/mol. The lowest BCUT2D eigenvalue weighted by atomic mass is 10.1. The largest absolute Gasteiger partial charge is 0.493 e. The fourth-order valence-electron chi connectivity index (χ4n) is 2.04. The fraction of sp³-hybridized carbons (Fsp3) is 0.333. The van der Waals surface area contributed by atoms with Crippen LogP contribution in [0.4, 0.5) is 8.78 Å². The summed E-state index contributed by atoms with van der Waals surface area (Å²) in [5.74, 6) is -0.274. The van der Waals surface area contributed by atoms with E-state index < -0.39 is 6.61 Å². The van der Waals surface area contributed by atoms with Crippen molar-refractivity contribution >= 4 is 40.3 Å². The number of para-hydroxylation sites is 1. The maximum atomic E-state index is 12.7. The summed E-state index contributed by atoms with van der Waals surface area (Å²) in [6.45, 7) is -2.33. The minimum atomic E-state index is -3.01. The van der Waals surface area contributed by atoms with Gasteiger partial charge in [0.05, 0.1) is 25.2 Å². The summed E-state index contributed by atoms with van der Waals surface area (Å²) in [6.07, 6.45) is 1.46. The molecule has 1 fully saturated rings. The topological polar surface area (TPSA) is 48.0 Å². The second-order valence-corrected chi connectivity index (χ2v) is 6.26. The maximum absolute atomic E-state index is 12.7. The molecule has 1 aliphatic heterocycles. The molecule has 0 aromatic heterocycles. The van der Waals surface area contributed by atoms with E-state index in [1.165, 1.54) is 31.3 Å². The van der Waals surface area contributed by atoms with Crippen molar-refractivity contribution in [2.24, 2.45) is 0 Å². The summed E-state index contributed by atoms with van der Waals surface area (Å²) in [7, 11) is 2.87. The van der Waals surface area contributed by atoms with E-state index in [2.05, 4.69) is 4.74 Å². The van der Waals surface area contributed by atoms with Gasteiger partial charge in [0.1, 0.15) is 4.32 Å². The Labute approximate surface area is 147 Å². The standard InChI is InChI=1S/C15H15F2NO4S2/c1-20-7-6-18-13(19)11(24-15(18)23)8-9-4-3-5-10(21-2)12(9)22-14(16)17/h3-5,8,14H,6-7H2,1-2H3/b11-8-. The van der Waals surface area contributed by atoms with Gasteiger partial charge in [-0.25, -0.2) is 0 Å². The molecule has 9 heteroatoms. The highest BCUT2D eigenvalue weighted by atomic mass is 32.2. The molecule has 130 valence electrons. The number of ether oxygens (including phenoxy) is 3. The van der Waals surface area contributed by atoms with Gasteiger partial charge in [-0.2, -0.15) is 8.78 Å². The Balaban J connectivity index is 2.34. The first-order valence-electron chi connectivity index (χ1n) is 6.84. The average Bonchev–Trinajstić information content (AvgIpc) is 2.80. The third-order valence-electron chi connectivity index (χ3n) is 3.12. The van der Waals surface area contributed by atoms with Gasteiger partial charge in [0.2, 0.25) is 0 Å². The third kappa shape index (κ3) is 4.22. The zero-order valence-corrected chi connectivity index (χ0v) is 14.6. The van der Waals surface area contributed by atoms with Crippen molar-refractivity contribution in [3.05, 3.63) is 28.7 Å². The van der Waals surface area contributed by atoms with Gasteiger partial charge in [-0.1, -0.05) is 36.1 Å². The molecule has 24 heavy (non-hydrogen) atoms. The third-order valence-corrected chi connectivity index (χ3v) is 4.49. The van der Waals surface area contributed by atoms with Crippen molar-refractivity contribution in [2.45, 2.75) is 6.61 Å². The number of amides is 1. The van der Waals surface area contributed by atoms with Gasteiger partial charge >= 0.3 is 6.61 Å². The van der Waals surface area contributed by atoms with Crippen LogP contribution in [0.3, 0.4) is 0 Å². The van der Waals surface area contributed by atoms with Crippen molar-refractivity contribution in [3.63, 3.8) is 0 Å². The lowest BCUT2D eigenvalue weighted by molar-refractivity contribution is -0.122. The van der Waals surface area contributed by atoms with Gasteiger partial charge in [-0.15, -0.1) is 0 Å². The average molecular weight is 375 g/mol. The number of nitrogens with zero attached hydrogens (tertiary/aromatic N) is 1. The molecule has 0 atom stereocenters. The molecule has 0 saturated carbocycles. The number of thiocarbonyl (C=S) groups is 1. The molecule has 1 aromatic carbocycles. The number of hydrogen-bond acceptors (Lipinski definition) is 6. The Hall–Kier alpha value is -1.71. The molecule has 5 nitrogen and oxygen atoms in total. The number of hydrogen-bond donors (Lipinski definition) is 0. The number of halogens is 2. The van der Waals surface area contributed by atoms with E-state index in [-0.39, 0.29) is 17.4 Å². The summed E-state index contributed by atoms with van der Waals surface area (Å²) in [6, 6.07) is 4.68. The molecule has 1 amide bonds. The Morgan fingerprint density at radius 2 is 2.12 bits per heavy atom. The Kier molecular flexibility index (Phi) is 6.52. The van der Waals surface area contributed by atoms with Crippen LogP contribution >= 0.6 is 24.0 Å². The van der Waals surface area contributed by atoms with Crippen LogP contribution in [0.5, 0.6) is 11.5 Å². The highest BCUT2D eigenvalue weighted by Crippen LogP contribution is 2.38. The van der Waals surface area contributed by atoms with E-state index in [1.807, 2.05) is 0 Å². The zero-order valence-electron chi connectivity index (χ0n) is 13.0. The van der Waals surface area contributed by atoms with E-state index in [0.29, 0.717) is 27.9 Å². The van der Waals surface area contributed by atoms with E-state index >= 15 is 0 Å². The zero-order chi connectivity index (χ0) is 17.7. The molecule has 1 aliphatic rings. The monoisotopic (exact) mass is 375 g/mol. The van der Waals surface area contributed by atoms with Crippen molar-refractivity contribution in [1.29, 1.82) is 0 Å².